The number of allylic oxidation sites excluding steroid dienone is 2. The smallest absolute Gasteiger partial charge is 0.251 e. The molecule has 1 atom stereocenters. The summed E-state index contributed by atoms with van der Waals surface area (Å²) in [4.78, 5) is 11.0. The van der Waals surface area contributed by atoms with E-state index in [4.69, 9.17) is 5.73 Å². The average molecular weight is 266 g/mol. The maximum Gasteiger partial charge on any atom is 0.251 e. The second kappa shape index (κ2) is 5.82. The zero-order valence-corrected chi connectivity index (χ0v) is 10.5. The molecule has 1 amide bonds. The van der Waals surface area contributed by atoms with Gasteiger partial charge in [0.1, 0.15) is 11.6 Å². The van der Waals surface area contributed by atoms with E-state index in [1.165, 1.54) is 0 Å². The fourth-order valence-corrected chi connectivity index (χ4v) is 2.17. The Bertz CT molecular complexity index is 514. The van der Waals surface area contributed by atoms with Crippen molar-refractivity contribution in [1.82, 2.24) is 0 Å². The molecule has 1 aliphatic carbocycles. The summed E-state index contributed by atoms with van der Waals surface area (Å²) in [5, 5.41) is 2.92. The molecule has 102 valence electrons. The molecule has 2 rings (SSSR count). The second-order valence-corrected chi connectivity index (χ2v) is 4.71. The molecular formula is C14H16F2N2O. The number of rotatable bonds is 4. The quantitative estimate of drug-likeness (QED) is 0.823. The first-order chi connectivity index (χ1) is 9.08. The van der Waals surface area contributed by atoms with E-state index in [-0.39, 0.29) is 11.3 Å². The van der Waals surface area contributed by atoms with Crippen molar-refractivity contribution < 1.29 is 13.6 Å². The Balaban J connectivity index is 2.09. The minimum atomic E-state index is -0.934. The highest BCUT2D eigenvalue weighted by atomic mass is 19.1. The third-order valence-corrected chi connectivity index (χ3v) is 3.28. The van der Waals surface area contributed by atoms with E-state index >= 15 is 0 Å². The number of hydrogen-bond acceptors (Lipinski definition) is 2. The molecule has 0 heterocycles. The van der Waals surface area contributed by atoms with Gasteiger partial charge in [0.25, 0.3) is 5.91 Å². The Morgan fingerprint density at radius 3 is 2.74 bits per heavy atom. The number of benzene rings is 1. The van der Waals surface area contributed by atoms with Gasteiger partial charge in [-0.05, 0) is 31.2 Å². The van der Waals surface area contributed by atoms with Crippen molar-refractivity contribution in [2.45, 2.75) is 19.3 Å². The third kappa shape index (κ3) is 3.30. The number of hydrogen-bond donors (Lipinski definition) is 2. The van der Waals surface area contributed by atoms with Gasteiger partial charge in [-0.15, -0.1) is 0 Å². The maximum absolute atomic E-state index is 13.6. The molecule has 1 unspecified atom stereocenters. The van der Waals surface area contributed by atoms with Crippen LogP contribution in [-0.4, -0.2) is 12.5 Å². The number of nitrogens with two attached hydrogens (primary N) is 1. The Morgan fingerprint density at radius 1 is 1.32 bits per heavy atom. The number of amides is 1. The van der Waals surface area contributed by atoms with E-state index in [1.807, 2.05) is 0 Å². The van der Waals surface area contributed by atoms with Gasteiger partial charge in [-0.2, -0.15) is 0 Å². The van der Waals surface area contributed by atoms with E-state index in [0.29, 0.717) is 18.5 Å². The fourth-order valence-electron chi connectivity index (χ4n) is 2.17. The lowest BCUT2D eigenvalue weighted by Gasteiger charge is -2.19. The number of carbonyl (C=O) groups excluding carboxylic acids is 1. The van der Waals surface area contributed by atoms with Crippen LogP contribution in [0.15, 0.2) is 24.3 Å². The van der Waals surface area contributed by atoms with E-state index in [1.54, 1.807) is 0 Å². The van der Waals surface area contributed by atoms with Crippen molar-refractivity contribution in [3.05, 3.63) is 41.5 Å². The minimum Gasteiger partial charge on any atom is -0.382 e. The Kier molecular flexibility index (Phi) is 4.14. The molecule has 0 bridgehead atoms. The predicted molar refractivity (Wildman–Crippen MR) is 69.8 cm³/mol. The third-order valence-electron chi connectivity index (χ3n) is 3.28. The largest absolute Gasteiger partial charge is 0.382 e. The van der Waals surface area contributed by atoms with Crippen molar-refractivity contribution >= 4 is 11.6 Å². The Morgan fingerprint density at radius 2 is 2.11 bits per heavy atom. The van der Waals surface area contributed by atoms with E-state index in [0.717, 1.165) is 25.3 Å². The standard InChI is InChI=1S/C14H16F2N2O/c15-11-7-12(16)13(6-10(11)14(17)19)18-8-9-4-2-1-3-5-9/h1-2,6-7,9,18H,3-5,8H2,(H2,17,19). The SMILES string of the molecule is NC(=O)c1cc(NCC2CC=CCC2)c(F)cc1F. The van der Waals surface area contributed by atoms with Crippen LogP contribution in [0, 0.1) is 17.6 Å². The summed E-state index contributed by atoms with van der Waals surface area (Å²) < 4.78 is 26.9. The van der Waals surface area contributed by atoms with Gasteiger partial charge < -0.3 is 11.1 Å². The summed E-state index contributed by atoms with van der Waals surface area (Å²) in [6, 6.07) is 1.81. The summed E-state index contributed by atoms with van der Waals surface area (Å²) in [6.07, 6.45) is 7.23. The van der Waals surface area contributed by atoms with Gasteiger partial charge in [0, 0.05) is 12.6 Å². The van der Waals surface area contributed by atoms with Crippen molar-refractivity contribution in [2.75, 3.05) is 11.9 Å². The van der Waals surface area contributed by atoms with Crippen molar-refractivity contribution in [2.24, 2.45) is 11.7 Å². The topological polar surface area (TPSA) is 55.1 Å². The summed E-state index contributed by atoms with van der Waals surface area (Å²) in [5.74, 6) is -2.13. The zero-order chi connectivity index (χ0) is 13.8. The lowest BCUT2D eigenvalue weighted by atomic mass is 9.94. The molecule has 0 spiro atoms. The summed E-state index contributed by atoms with van der Waals surface area (Å²) >= 11 is 0. The number of halogens is 2. The Hall–Kier alpha value is -1.91. The average Bonchev–Trinajstić information content (AvgIpc) is 2.38. The molecule has 0 saturated heterocycles. The van der Waals surface area contributed by atoms with Crippen LogP contribution in [-0.2, 0) is 0 Å². The Labute approximate surface area is 110 Å². The van der Waals surface area contributed by atoms with Gasteiger partial charge in [-0.25, -0.2) is 8.78 Å². The molecule has 0 aromatic heterocycles. The summed E-state index contributed by atoms with van der Waals surface area (Å²) in [5.41, 5.74) is 4.85. The monoisotopic (exact) mass is 266 g/mol. The number of anilines is 1. The molecule has 19 heavy (non-hydrogen) atoms. The minimum absolute atomic E-state index is 0.116. The first kappa shape index (κ1) is 13.5. The van der Waals surface area contributed by atoms with Crippen LogP contribution in [0.25, 0.3) is 0 Å². The first-order valence-electron chi connectivity index (χ1n) is 6.25. The van der Waals surface area contributed by atoms with Gasteiger partial charge in [0.15, 0.2) is 0 Å². The fraction of sp³-hybridized carbons (Fsp3) is 0.357. The highest BCUT2D eigenvalue weighted by Gasteiger charge is 2.15. The highest BCUT2D eigenvalue weighted by molar-refractivity contribution is 5.94. The normalized spacial score (nSPS) is 18.3. The maximum atomic E-state index is 13.6. The van der Waals surface area contributed by atoms with Gasteiger partial charge >= 0.3 is 0 Å². The van der Waals surface area contributed by atoms with Gasteiger partial charge in [0.05, 0.1) is 11.3 Å². The van der Waals surface area contributed by atoms with Crippen LogP contribution in [0.3, 0.4) is 0 Å². The van der Waals surface area contributed by atoms with Crippen LogP contribution >= 0.6 is 0 Å². The molecule has 0 radical (unpaired) electrons. The second-order valence-electron chi connectivity index (χ2n) is 4.71. The summed E-state index contributed by atoms with van der Waals surface area (Å²) in [7, 11) is 0. The van der Waals surface area contributed by atoms with Crippen LogP contribution < -0.4 is 11.1 Å². The van der Waals surface area contributed by atoms with Crippen LogP contribution in [0.4, 0.5) is 14.5 Å². The molecule has 3 N–H and O–H groups in total. The molecule has 5 heteroatoms. The lowest BCUT2D eigenvalue weighted by molar-refractivity contribution is 0.0996. The van der Waals surface area contributed by atoms with Gasteiger partial charge in [-0.3, -0.25) is 4.79 Å². The number of carbonyl (C=O) groups is 1. The molecule has 0 fully saturated rings. The number of nitrogens with one attached hydrogen (secondary N) is 1. The molecule has 1 aliphatic rings. The molecule has 1 aromatic carbocycles. The van der Waals surface area contributed by atoms with Crippen molar-refractivity contribution in [1.29, 1.82) is 0 Å². The van der Waals surface area contributed by atoms with Gasteiger partial charge in [-0.1, -0.05) is 12.2 Å². The van der Waals surface area contributed by atoms with Crippen LogP contribution in [0.1, 0.15) is 29.6 Å². The summed E-state index contributed by atoms with van der Waals surface area (Å²) in [6.45, 7) is 0.588. The predicted octanol–water partition coefficient (Wildman–Crippen LogP) is 2.83. The molecule has 3 nitrogen and oxygen atoms in total. The molecular weight excluding hydrogens is 250 g/mol. The molecule has 0 saturated carbocycles. The lowest BCUT2D eigenvalue weighted by Crippen LogP contribution is -2.18. The van der Waals surface area contributed by atoms with Crippen molar-refractivity contribution in [3.63, 3.8) is 0 Å². The molecule has 0 aliphatic heterocycles. The van der Waals surface area contributed by atoms with Crippen LogP contribution in [0.2, 0.25) is 0 Å². The van der Waals surface area contributed by atoms with E-state index in [9.17, 15) is 13.6 Å². The first-order valence-corrected chi connectivity index (χ1v) is 6.25. The van der Waals surface area contributed by atoms with Gasteiger partial charge in [0.2, 0.25) is 0 Å². The van der Waals surface area contributed by atoms with Crippen molar-refractivity contribution in [3.8, 4) is 0 Å². The van der Waals surface area contributed by atoms with E-state index in [2.05, 4.69) is 17.5 Å². The molecule has 1 aromatic rings. The van der Waals surface area contributed by atoms with E-state index < -0.39 is 17.5 Å². The zero-order valence-electron chi connectivity index (χ0n) is 10.5. The van der Waals surface area contributed by atoms with Crippen LogP contribution in [0.5, 0.6) is 0 Å². The number of primary amides is 1. The highest BCUT2D eigenvalue weighted by Crippen LogP contribution is 2.22.